The Morgan fingerprint density at radius 3 is 3.05 bits per heavy atom. The molecular weight excluding hydrogens is 300 g/mol. The molecule has 1 amide bonds. The van der Waals surface area contributed by atoms with Gasteiger partial charge in [0.1, 0.15) is 0 Å². The van der Waals surface area contributed by atoms with E-state index in [-0.39, 0.29) is 5.91 Å². The van der Waals surface area contributed by atoms with E-state index < -0.39 is 0 Å². The average molecular weight is 318 g/mol. The normalized spacial score (nSPS) is 17.3. The highest BCUT2D eigenvalue weighted by Crippen LogP contribution is 2.36. The topological polar surface area (TPSA) is 41.1 Å². The van der Waals surface area contributed by atoms with Gasteiger partial charge in [-0.05, 0) is 35.2 Å². The largest absolute Gasteiger partial charge is 0.325 e. The van der Waals surface area contributed by atoms with Crippen molar-refractivity contribution in [2.75, 3.05) is 11.1 Å². The quantitative estimate of drug-likeness (QED) is 0.894. The molecular formula is C16H18N2OS2. The van der Waals surface area contributed by atoms with Crippen LogP contribution in [0.2, 0.25) is 0 Å². The fourth-order valence-electron chi connectivity index (χ4n) is 2.55. The zero-order valence-corrected chi connectivity index (χ0v) is 13.5. The molecule has 1 aromatic heterocycles. The molecule has 5 heteroatoms. The van der Waals surface area contributed by atoms with E-state index in [0.717, 1.165) is 24.4 Å². The Bertz CT molecular complexity index is 639. The molecule has 1 aliphatic heterocycles. The van der Waals surface area contributed by atoms with Gasteiger partial charge in [-0.25, -0.2) is 0 Å². The summed E-state index contributed by atoms with van der Waals surface area (Å²) < 4.78 is 0. The van der Waals surface area contributed by atoms with Crippen LogP contribution in [0, 0.1) is 0 Å². The standard InChI is InChI=1S/C16H18N2OS2/c1-11(19)18-14-7-9-21-16(14)10-17-13-6-8-20-15-5-3-2-4-12(13)15/h2-5,7,9,13,17H,6,8,10H2,1H3,(H,18,19). The summed E-state index contributed by atoms with van der Waals surface area (Å²) in [6.07, 6.45) is 1.14. The van der Waals surface area contributed by atoms with Crippen LogP contribution >= 0.6 is 23.1 Å². The van der Waals surface area contributed by atoms with E-state index in [2.05, 4.69) is 34.9 Å². The molecule has 3 nitrogen and oxygen atoms in total. The molecule has 2 heterocycles. The molecule has 110 valence electrons. The highest BCUT2D eigenvalue weighted by molar-refractivity contribution is 7.99. The summed E-state index contributed by atoms with van der Waals surface area (Å²) in [6, 6.07) is 11.0. The molecule has 0 bridgehead atoms. The van der Waals surface area contributed by atoms with Crippen LogP contribution in [0.3, 0.4) is 0 Å². The molecule has 0 fully saturated rings. The minimum absolute atomic E-state index is 0.0194. The van der Waals surface area contributed by atoms with Gasteiger partial charge in [0.15, 0.2) is 0 Å². The molecule has 0 radical (unpaired) electrons. The Hall–Kier alpha value is -1.30. The van der Waals surface area contributed by atoms with E-state index in [9.17, 15) is 4.79 Å². The summed E-state index contributed by atoms with van der Waals surface area (Å²) in [5.41, 5.74) is 2.32. The Balaban J connectivity index is 1.69. The summed E-state index contributed by atoms with van der Waals surface area (Å²) in [5.74, 6) is 1.13. The number of nitrogens with one attached hydrogen (secondary N) is 2. The van der Waals surface area contributed by atoms with Crippen LogP contribution in [0.4, 0.5) is 5.69 Å². The van der Waals surface area contributed by atoms with Gasteiger partial charge < -0.3 is 10.6 Å². The molecule has 3 rings (SSSR count). The first-order chi connectivity index (χ1) is 10.2. The summed E-state index contributed by atoms with van der Waals surface area (Å²) >= 11 is 3.61. The maximum Gasteiger partial charge on any atom is 0.221 e. The van der Waals surface area contributed by atoms with Crippen molar-refractivity contribution in [3.63, 3.8) is 0 Å². The number of carbonyl (C=O) groups is 1. The Kier molecular flexibility index (Phi) is 4.63. The van der Waals surface area contributed by atoms with Gasteiger partial charge in [-0.3, -0.25) is 4.79 Å². The van der Waals surface area contributed by atoms with Crippen molar-refractivity contribution in [1.82, 2.24) is 5.32 Å². The number of benzene rings is 1. The molecule has 21 heavy (non-hydrogen) atoms. The van der Waals surface area contributed by atoms with Crippen molar-refractivity contribution < 1.29 is 4.79 Å². The molecule has 2 N–H and O–H groups in total. The van der Waals surface area contributed by atoms with E-state index in [1.54, 1.807) is 18.3 Å². The molecule has 1 aromatic carbocycles. The van der Waals surface area contributed by atoms with Crippen LogP contribution in [0.1, 0.15) is 29.8 Å². The zero-order chi connectivity index (χ0) is 14.7. The van der Waals surface area contributed by atoms with Crippen molar-refractivity contribution in [2.24, 2.45) is 0 Å². The Labute approximate surface area is 133 Å². The zero-order valence-electron chi connectivity index (χ0n) is 11.9. The van der Waals surface area contributed by atoms with Crippen LogP contribution in [-0.4, -0.2) is 11.7 Å². The Morgan fingerprint density at radius 2 is 2.19 bits per heavy atom. The molecule has 0 saturated carbocycles. The number of amides is 1. The fourth-order valence-corrected chi connectivity index (χ4v) is 4.45. The lowest BCUT2D eigenvalue weighted by Gasteiger charge is -2.26. The minimum Gasteiger partial charge on any atom is -0.325 e. The van der Waals surface area contributed by atoms with Gasteiger partial charge in [0.2, 0.25) is 5.91 Å². The first kappa shape index (κ1) is 14.6. The van der Waals surface area contributed by atoms with Gasteiger partial charge in [0.25, 0.3) is 0 Å². The van der Waals surface area contributed by atoms with E-state index >= 15 is 0 Å². The highest BCUT2D eigenvalue weighted by Gasteiger charge is 2.20. The SMILES string of the molecule is CC(=O)Nc1ccsc1CNC1CCSc2ccccc21. The van der Waals surface area contributed by atoms with Crippen molar-refractivity contribution in [3.8, 4) is 0 Å². The van der Waals surface area contributed by atoms with Gasteiger partial charge in [0, 0.05) is 29.3 Å². The summed E-state index contributed by atoms with van der Waals surface area (Å²) in [4.78, 5) is 13.8. The first-order valence-corrected chi connectivity index (χ1v) is 8.89. The second kappa shape index (κ2) is 6.64. The average Bonchev–Trinajstić information content (AvgIpc) is 2.91. The first-order valence-electron chi connectivity index (χ1n) is 7.03. The van der Waals surface area contributed by atoms with Gasteiger partial charge in [-0.1, -0.05) is 18.2 Å². The second-order valence-corrected chi connectivity index (χ2v) is 7.18. The smallest absolute Gasteiger partial charge is 0.221 e. The number of hydrogen-bond donors (Lipinski definition) is 2. The summed E-state index contributed by atoms with van der Waals surface area (Å²) in [7, 11) is 0. The van der Waals surface area contributed by atoms with Gasteiger partial charge >= 0.3 is 0 Å². The highest BCUT2D eigenvalue weighted by atomic mass is 32.2. The van der Waals surface area contributed by atoms with E-state index in [4.69, 9.17) is 0 Å². The van der Waals surface area contributed by atoms with Crippen LogP contribution in [-0.2, 0) is 11.3 Å². The number of rotatable bonds is 4. The number of carbonyl (C=O) groups excluding carboxylic acids is 1. The number of fused-ring (bicyclic) bond motifs is 1. The molecule has 1 unspecified atom stereocenters. The van der Waals surface area contributed by atoms with Gasteiger partial charge in [-0.15, -0.1) is 23.1 Å². The number of thiophene rings is 1. The third-order valence-electron chi connectivity index (χ3n) is 3.52. The lowest BCUT2D eigenvalue weighted by atomic mass is 10.0. The van der Waals surface area contributed by atoms with Crippen molar-refractivity contribution in [2.45, 2.75) is 30.8 Å². The van der Waals surface area contributed by atoms with Crippen molar-refractivity contribution in [3.05, 3.63) is 46.2 Å². The van der Waals surface area contributed by atoms with Crippen LogP contribution in [0.25, 0.3) is 0 Å². The van der Waals surface area contributed by atoms with Crippen LogP contribution in [0.5, 0.6) is 0 Å². The van der Waals surface area contributed by atoms with Gasteiger partial charge in [0.05, 0.1) is 5.69 Å². The molecule has 1 aliphatic rings. The molecule has 0 aliphatic carbocycles. The van der Waals surface area contributed by atoms with E-state index in [0.29, 0.717) is 6.04 Å². The predicted molar refractivity (Wildman–Crippen MR) is 90.0 cm³/mol. The number of hydrogen-bond acceptors (Lipinski definition) is 4. The number of thioether (sulfide) groups is 1. The van der Waals surface area contributed by atoms with Crippen LogP contribution in [0.15, 0.2) is 40.6 Å². The van der Waals surface area contributed by atoms with Crippen LogP contribution < -0.4 is 10.6 Å². The fraction of sp³-hybridized carbons (Fsp3) is 0.312. The van der Waals surface area contributed by atoms with E-state index in [1.807, 2.05) is 23.2 Å². The minimum atomic E-state index is -0.0194. The lowest BCUT2D eigenvalue weighted by Crippen LogP contribution is -2.24. The predicted octanol–water partition coefficient (Wildman–Crippen LogP) is 4.03. The van der Waals surface area contributed by atoms with E-state index in [1.165, 1.54) is 15.3 Å². The molecule has 1 atom stereocenters. The summed E-state index contributed by atoms with van der Waals surface area (Å²) in [6.45, 7) is 2.33. The third-order valence-corrected chi connectivity index (χ3v) is 5.57. The monoisotopic (exact) mass is 318 g/mol. The van der Waals surface area contributed by atoms with Gasteiger partial charge in [-0.2, -0.15) is 0 Å². The maximum absolute atomic E-state index is 11.2. The maximum atomic E-state index is 11.2. The molecule has 0 saturated heterocycles. The van der Waals surface area contributed by atoms with Crippen molar-refractivity contribution in [1.29, 1.82) is 0 Å². The van der Waals surface area contributed by atoms with Crippen molar-refractivity contribution >= 4 is 34.7 Å². The second-order valence-electron chi connectivity index (χ2n) is 5.05. The number of anilines is 1. The molecule has 0 spiro atoms. The summed E-state index contributed by atoms with van der Waals surface area (Å²) in [5, 5.41) is 8.55. The molecule has 2 aromatic rings. The Morgan fingerprint density at radius 1 is 1.33 bits per heavy atom. The lowest BCUT2D eigenvalue weighted by molar-refractivity contribution is -0.114. The third kappa shape index (κ3) is 3.48.